The highest BCUT2D eigenvalue weighted by Crippen LogP contribution is 2.29. The molecule has 1 atom stereocenters. The smallest absolute Gasteiger partial charge is 0.111 e. The van der Waals surface area contributed by atoms with Gasteiger partial charge in [-0.3, -0.25) is 10.3 Å². The van der Waals surface area contributed by atoms with Crippen molar-refractivity contribution in [3.05, 3.63) is 0 Å². The molecule has 0 aromatic rings. The van der Waals surface area contributed by atoms with Gasteiger partial charge in [0.25, 0.3) is 0 Å². The Morgan fingerprint density at radius 3 is 2.12 bits per heavy atom. The molecule has 1 aliphatic heterocycles. The minimum absolute atomic E-state index is 0.0781. The summed E-state index contributed by atoms with van der Waals surface area (Å²) in [5.41, 5.74) is 1.50. The van der Waals surface area contributed by atoms with Crippen LogP contribution in [-0.2, 0) is 0 Å². The largest absolute Gasteiger partial charge is 0.285 e. The van der Waals surface area contributed by atoms with Crippen LogP contribution in [0.2, 0.25) is 0 Å². The molecule has 1 unspecified atom stereocenters. The molecule has 0 aromatic carbocycles. The van der Waals surface area contributed by atoms with Crippen molar-refractivity contribution >= 4 is 5.71 Å². The molecule has 0 spiro atoms. The predicted molar refractivity (Wildman–Crippen MR) is 72.1 cm³/mol. The van der Waals surface area contributed by atoms with Gasteiger partial charge in [-0.25, -0.2) is 0 Å². The summed E-state index contributed by atoms with van der Waals surface area (Å²) in [4.78, 5) is 5.05. The molecule has 0 amide bonds. The van der Waals surface area contributed by atoms with Crippen LogP contribution in [0.5, 0.6) is 0 Å². The molecule has 0 aliphatic carbocycles. The first-order chi connectivity index (χ1) is 7.71. The van der Waals surface area contributed by atoms with Crippen LogP contribution >= 0.6 is 0 Å². The molecule has 16 heavy (non-hydrogen) atoms. The molecular formula is C14H28N2. The van der Waals surface area contributed by atoms with E-state index in [0.717, 1.165) is 0 Å². The molecule has 0 radical (unpaired) electrons. The van der Waals surface area contributed by atoms with Crippen LogP contribution in [0.1, 0.15) is 72.6 Å². The molecule has 2 nitrogen and oxygen atoms in total. The molecule has 0 fully saturated rings. The molecule has 94 valence electrons. The number of rotatable bonds is 7. The second kappa shape index (κ2) is 6.39. The van der Waals surface area contributed by atoms with Gasteiger partial charge in [0, 0.05) is 11.8 Å². The Morgan fingerprint density at radius 1 is 1.06 bits per heavy atom. The zero-order valence-electron chi connectivity index (χ0n) is 11.5. The summed E-state index contributed by atoms with van der Waals surface area (Å²) in [7, 11) is 0. The van der Waals surface area contributed by atoms with E-state index < -0.39 is 0 Å². The fourth-order valence-electron chi connectivity index (χ4n) is 2.82. The van der Waals surface area contributed by atoms with Crippen molar-refractivity contribution in [2.24, 2.45) is 4.99 Å². The highest BCUT2D eigenvalue weighted by molar-refractivity contribution is 5.91. The van der Waals surface area contributed by atoms with Crippen molar-refractivity contribution in [1.82, 2.24) is 5.32 Å². The fourth-order valence-corrected chi connectivity index (χ4v) is 2.82. The molecule has 1 aliphatic rings. The summed E-state index contributed by atoms with van der Waals surface area (Å²) < 4.78 is 0. The highest BCUT2D eigenvalue weighted by Gasteiger charge is 2.36. The molecule has 0 aromatic heterocycles. The van der Waals surface area contributed by atoms with Crippen LogP contribution in [0.3, 0.4) is 0 Å². The first-order valence-corrected chi connectivity index (χ1v) is 7.07. The standard InChI is InChI=1S/C14H28N2/c1-5-9-13-12(8-4)15-14(16-13,10-6-2)11-7-3/h12,15H,5-11H2,1-4H3. The van der Waals surface area contributed by atoms with Crippen LogP contribution in [0.25, 0.3) is 0 Å². The van der Waals surface area contributed by atoms with Gasteiger partial charge < -0.3 is 0 Å². The molecule has 1 N–H and O–H groups in total. The molecule has 2 heteroatoms. The van der Waals surface area contributed by atoms with E-state index in [9.17, 15) is 0 Å². The zero-order chi connectivity index (χ0) is 12.0. The van der Waals surface area contributed by atoms with Gasteiger partial charge in [0.15, 0.2) is 0 Å². The van der Waals surface area contributed by atoms with Crippen LogP contribution in [0.15, 0.2) is 4.99 Å². The highest BCUT2D eigenvalue weighted by atomic mass is 15.2. The van der Waals surface area contributed by atoms with Crippen LogP contribution < -0.4 is 5.32 Å². The van der Waals surface area contributed by atoms with Gasteiger partial charge in [-0.2, -0.15) is 0 Å². The van der Waals surface area contributed by atoms with Gasteiger partial charge in [0.2, 0.25) is 0 Å². The first-order valence-electron chi connectivity index (χ1n) is 7.07. The molecular weight excluding hydrogens is 196 g/mol. The summed E-state index contributed by atoms with van der Waals surface area (Å²) in [6, 6.07) is 0.540. The van der Waals surface area contributed by atoms with E-state index in [-0.39, 0.29) is 5.66 Å². The number of hydrogen-bond donors (Lipinski definition) is 1. The molecule has 1 rings (SSSR count). The van der Waals surface area contributed by atoms with Gasteiger partial charge in [0.1, 0.15) is 5.66 Å². The van der Waals surface area contributed by atoms with Crippen LogP contribution in [0.4, 0.5) is 0 Å². The van der Waals surface area contributed by atoms with E-state index in [1.54, 1.807) is 0 Å². The summed E-state index contributed by atoms with van der Waals surface area (Å²) in [5, 5.41) is 3.79. The van der Waals surface area contributed by atoms with Crippen LogP contribution in [-0.4, -0.2) is 17.4 Å². The van der Waals surface area contributed by atoms with E-state index in [0.29, 0.717) is 6.04 Å². The third kappa shape index (κ3) is 3.07. The Kier molecular flexibility index (Phi) is 5.47. The van der Waals surface area contributed by atoms with Gasteiger partial charge >= 0.3 is 0 Å². The third-order valence-electron chi connectivity index (χ3n) is 3.44. The Morgan fingerprint density at radius 2 is 1.69 bits per heavy atom. The number of hydrogen-bond acceptors (Lipinski definition) is 2. The van der Waals surface area contributed by atoms with Gasteiger partial charge in [0.05, 0.1) is 0 Å². The Labute approximate surface area is 101 Å². The minimum atomic E-state index is 0.0781. The fraction of sp³-hybridized carbons (Fsp3) is 0.929. The summed E-state index contributed by atoms with van der Waals surface area (Å²) >= 11 is 0. The maximum atomic E-state index is 5.05. The van der Waals surface area contributed by atoms with Crippen molar-refractivity contribution < 1.29 is 0 Å². The van der Waals surface area contributed by atoms with E-state index in [2.05, 4.69) is 33.0 Å². The maximum Gasteiger partial charge on any atom is 0.111 e. The Hall–Kier alpha value is -0.370. The molecule has 0 saturated heterocycles. The topological polar surface area (TPSA) is 24.4 Å². The summed E-state index contributed by atoms with van der Waals surface area (Å²) in [5.74, 6) is 0. The van der Waals surface area contributed by atoms with Crippen molar-refractivity contribution in [2.75, 3.05) is 0 Å². The summed E-state index contributed by atoms with van der Waals surface area (Å²) in [6.07, 6.45) is 8.35. The monoisotopic (exact) mass is 224 g/mol. The second-order valence-corrected chi connectivity index (χ2v) is 4.99. The van der Waals surface area contributed by atoms with E-state index in [4.69, 9.17) is 4.99 Å². The van der Waals surface area contributed by atoms with Crippen molar-refractivity contribution in [3.63, 3.8) is 0 Å². The quantitative estimate of drug-likeness (QED) is 0.696. The van der Waals surface area contributed by atoms with Crippen LogP contribution in [0, 0.1) is 0 Å². The normalized spacial score (nSPS) is 23.5. The molecule has 0 bridgehead atoms. The average Bonchev–Trinajstić information content (AvgIpc) is 2.58. The van der Waals surface area contributed by atoms with Crippen molar-refractivity contribution in [2.45, 2.75) is 84.3 Å². The predicted octanol–water partition coefficient (Wildman–Crippen LogP) is 3.91. The minimum Gasteiger partial charge on any atom is -0.285 e. The average molecular weight is 224 g/mol. The van der Waals surface area contributed by atoms with E-state index in [1.165, 1.54) is 50.7 Å². The van der Waals surface area contributed by atoms with Gasteiger partial charge in [-0.05, 0) is 25.7 Å². The SMILES string of the molecule is CCCC1=NC(CCC)(CCC)NC1CC. The van der Waals surface area contributed by atoms with Crippen molar-refractivity contribution in [3.8, 4) is 0 Å². The van der Waals surface area contributed by atoms with Gasteiger partial charge in [-0.15, -0.1) is 0 Å². The Bertz CT molecular complexity index is 227. The van der Waals surface area contributed by atoms with Crippen molar-refractivity contribution in [1.29, 1.82) is 0 Å². The number of nitrogens with zero attached hydrogens (tertiary/aromatic N) is 1. The summed E-state index contributed by atoms with van der Waals surface area (Å²) in [6.45, 7) is 9.02. The Balaban J connectivity index is 2.79. The lowest BCUT2D eigenvalue weighted by atomic mass is 9.99. The number of nitrogens with one attached hydrogen (secondary N) is 1. The lowest BCUT2D eigenvalue weighted by Crippen LogP contribution is -2.44. The van der Waals surface area contributed by atoms with E-state index >= 15 is 0 Å². The van der Waals surface area contributed by atoms with Gasteiger partial charge in [-0.1, -0.05) is 47.0 Å². The molecule has 1 heterocycles. The first kappa shape index (κ1) is 13.7. The maximum absolute atomic E-state index is 5.05. The third-order valence-corrected chi connectivity index (χ3v) is 3.44. The zero-order valence-corrected chi connectivity index (χ0v) is 11.5. The lowest BCUT2D eigenvalue weighted by Gasteiger charge is -2.27. The molecule has 0 saturated carbocycles. The second-order valence-electron chi connectivity index (χ2n) is 4.99. The lowest BCUT2D eigenvalue weighted by molar-refractivity contribution is 0.296. The number of aliphatic imine (C=N–C) groups is 1. The van der Waals surface area contributed by atoms with E-state index in [1.807, 2.05) is 0 Å².